The van der Waals surface area contributed by atoms with E-state index in [2.05, 4.69) is 10.3 Å². The minimum atomic E-state index is -0.985. The number of carbonyl (C=O) groups is 3. The normalized spacial score (nSPS) is 19.1. The highest BCUT2D eigenvalue weighted by molar-refractivity contribution is 5.98. The van der Waals surface area contributed by atoms with Gasteiger partial charge in [0.05, 0.1) is 13.7 Å². The van der Waals surface area contributed by atoms with E-state index in [1.165, 1.54) is 26.3 Å². The summed E-state index contributed by atoms with van der Waals surface area (Å²) in [6, 6.07) is 9.83. The summed E-state index contributed by atoms with van der Waals surface area (Å²) in [7, 11) is 1.39. The third-order valence-corrected chi connectivity index (χ3v) is 5.40. The van der Waals surface area contributed by atoms with Gasteiger partial charge >= 0.3 is 11.9 Å². The van der Waals surface area contributed by atoms with E-state index in [1.807, 2.05) is 37.3 Å². The molecule has 1 saturated heterocycles. The summed E-state index contributed by atoms with van der Waals surface area (Å²) in [4.78, 5) is 41.0. The van der Waals surface area contributed by atoms with Crippen LogP contribution in [0.3, 0.4) is 0 Å². The highest BCUT2D eigenvalue weighted by Crippen LogP contribution is 2.29. The maximum atomic E-state index is 13.0. The first-order chi connectivity index (χ1) is 19.3. The Hall–Kier alpha value is -3.90. The summed E-state index contributed by atoms with van der Waals surface area (Å²) in [6.45, 7) is 5.26. The lowest BCUT2D eigenvalue weighted by atomic mass is 10.1. The fourth-order valence-corrected chi connectivity index (χ4v) is 3.50. The number of hydrogen-bond acceptors (Lipinski definition) is 11. The molecule has 3 atom stereocenters. The molecule has 1 aliphatic rings. The lowest BCUT2D eigenvalue weighted by Crippen LogP contribution is -2.45. The molecule has 220 valence electrons. The molecule has 0 aliphatic carbocycles. The summed E-state index contributed by atoms with van der Waals surface area (Å²) in [6.07, 6.45) is 2.02. The van der Waals surface area contributed by atoms with Gasteiger partial charge in [0.25, 0.3) is 5.91 Å². The molecular weight excluding hydrogens is 524 g/mol. The molecule has 2 heterocycles. The van der Waals surface area contributed by atoms with E-state index in [4.69, 9.17) is 33.5 Å². The van der Waals surface area contributed by atoms with Crippen molar-refractivity contribution < 1.29 is 47.9 Å². The number of cyclic esters (lactones) is 1. The Labute approximate surface area is 233 Å². The number of amides is 1. The Morgan fingerprint density at radius 3 is 2.58 bits per heavy atom. The second-order valence-electron chi connectivity index (χ2n) is 8.74. The summed E-state index contributed by atoms with van der Waals surface area (Å²) in [5.74, 6) is -0.980. The first-order valence-electron chi connectivity index (χ1n) is 13.0. The zero-order valence-electron chi connectivity index (χ0n) is 23.3. The van der Waals surface area contributed by atoms with Crippen LogP contribution < -0.4 is 19.5 Å². The van der Waals surface area contributed by atoms with Crippen molar-refractivity contribution in [2.75, 3.05) is 33.7 Å². The van der Waals surface area contributed by atoms with Gasteiger partial charge in [0, 0.05) is 45.2 Å². The molecule has 0 saturated carbocycles. The first-order valence-corrected chi connectivity index (χ1v) is 13.0. The zero-order valence-corrected chi connectivity index (χ0v) is 23.3. The van der Waals surface area contributed by atoms with Crippen molar-refractivity contribution in [2.24, 2.45) is 0 Å². The topological polar surface area (TPSA) is 152 Å². The van der Waals surface area contributed by atoms with Crippen molar-refractivity contribution in [1.29, 1.82) is 0 Å². The SMILES string of the molecule is CCCO.COc1ccnc(C(=O)N[C@H]2CCOCC(Oc3ccccc3)CC(C)OC2=O)c1OCOC(C)=O. The fraction of sp³-hybridized carbons (Fsp3) is 0.500. The van der Waals surface area contributed by atoms with Crippen LogP contribution >= 0.6 is 0 Å². The predicted octanol–water partition coefficient (Wildman–Crippen LogP) is 2.67. The van der Waals surface area contributed by atoms with E-state index in [-0.39, 0.29) is 36.3 Å². The van der Waals surface area contributed by atoms with Gasteiger partial charge in [-0.15, -0.1) is 0 Å². The minimum absolute atomic E-state index is 0.0301. The van der Waals surface area contributed by atoms with Gasteiger partial charge in [-0.1, -0.05) is 25.1 Å². The number of rotatable bonds is 9. The van der Waals surface area contributed by atoms with Crippen molar-refractivity contribution in [1.82, 2.24) is 10.3 Å². The molecule has 1 amide bonds. The molecular formula is C28H38N2O10. The van der Waals surface area contributed by atoms with Crippen molar-refractivity contribution in [2.45, 2.75) is 58.3 Å². The van der Waals surface area contributed by atoms with Crippen LogP contribution in [0.25, 0.3) is 0 Å². The van der Waals surface area contributed by atoms with Crippen LogP contribution in [0.15, 0.2) is 42.6 Å². The van der Waals surface area contributed by atoms with Gasteiger partial charge in [-0.3, -0.25) is 9.59 Å². The molecule has 1 aromatic heterocycles. The van der Waals surface area contributed by atoms with Crippen LogP contribution in [-0.2, 0) is 23.8 Å². The van der Waals surface area contributed by atoms with E-state index in [9.17, 15) is 14.4 Å². The van der Waals surface area contributed by atoms with Crippen molar-refractivity contribution in [3.05, 3.63) is 48.3 Å². The molecule has 2 unspecified atom stereocenters. The van der Waals surface area contributed by atoms with Gasteiger partial charge in [-0.2, -0.15) is 0 Å². The standard InChI is InChI=1S/C25H30N2O9.C3H8O/c1-16-13-19(36-18-7-5-4-6-8-18)14-32-12-10-20(25(30)35-16)27-24(29)22-23(34-15-33-17(2)28)21(31-3)9-11-26-22;1-2-3-4/h4-9,11,16,19-20H,10,12-15H2,1-3H3,(H,27,29);4H,2-3H2,1H3/t16?,19?,20-;/m0./s1. The Bertz CT molecular complexity index is 1060. The smallest absolute Gasteiger partial charge is 0.329 e. The molecule has 12 heteroatoms. The first kappa shape index (κ1) is 32.3. The number of ether oxygens (including phenoxy) is 6. The molecule has 2 N–H and O–H groups in total. The molecule has 0 spiro atoms. The molecule has 12 nitrogen and oxygen atoms in total. The number of esters is 2. The molecule has 40 heavy (non-hydrogen) atoms. The van der Waals surface area contributed by atoms with Gasteiger partial charge in [0.1, 0.15) is 24.0 Å². The van der Waals surface area contributed by atoms with Crippen molar-refractivity contribution in [3.8, 4) is 17.2 Å². The van der Waals surface area contributed by atoms with Crippen molar-refractivity contribution in [3.63, 3.8) is 0 Å². The Morgan fingerprint density at radius 2 is 1.93 bits per heavy atom. The highest BCUT2D eigenvalue weighted by atomic mass is 16.7. The van der Waals surface area contributed by atoms with Gasteiger partial charge in [0.2, 0.25) is 6.79 Å². The number of aliphatic hydroxyl groups is 1. The van der Waals surface area contributed by atoms with Gasteiger partial charge in [-0.25, -0.2) is 9.78 Å². The lowest BCUT2D eigenvalue weighted by molar-refractivity contribution is -0.153. The Morgan fingerprint density at radius 1 is 1.20 bits per heavy atom. The molecule has 1 aliphatic heterocycles. The van der Waals surface area contributed by atoms with Crippen LogP contribution in [0, 0.1) is 0 Å². The third kappa shape index (κ3) is 11.1. The number of carbonyl (C=O) groups excluding carboxylic acids is 3. The molecule has 1 fully saturated rings. The lowest BCUT2D eigenvalue weighted by Gasteiger charge is -2.27. The number of para-hydroxylation sites is 1. The molecule has 1 aromatic carbocycles. The largest absolute Gasteiger partial charge is 0.493 e. The fourth-order valence-electron chi connectivity index (χ4n) is 3.50. The number of methoxy groups -OCH3 is 1. The predicted molar refractivity (Wildman–Crippen MR) is 143 cm³/mol. The van der Waals surface area contributed by atoms with E-state index in [0.717, 1.165) is 6.42 Å². The Balaban J connectivity index is 0.00000131. The van der Waals surface area contributed by atoms with E-state index >= 15 is 0 Å². The molecule has 3 rings (SSSR count). The summed E-state index contributed by atoms with van der Waals surface area (Å²) < 4.78 is 32.7. The molecule has 0 radical (unpaired) electrons. The number of hydrogen-bond donors (Lipinski definition) is 2. The summed E-state index contributed by atoms with van der Waals surface area (Å²) >= 11 is 0. The Kier molecular flexibility index (Phi) is 14.3. The van der Waals surface area contributed by atoms with Crippen LogP contribution in [0.2, 0.25) is 0 Å². The van der Waals surface area contributed by atoms with E-state index < -0.39 is 36.8 Å². The highest BCUT2D eigenvalue weighted by Gasteiger charge is 2.29. The number of pyridine rings is 1. The number of aromatic nitrogens is 1. The third-order valence-electron chi connectivity index (χ3n) is 5.40. The minimum Gasteiger partial charge on any atom is -0.493 e. The number of benzene rings is 1. The van der Waals surface area contributed by atoms with Crippen molar-refractivity contribution >= 4 is 17.8 Å². The van der Waals surface area contributed by atoms with Gasteiger partial charge in [-0.05, 0) is 25.5 Å². The van der Waals surface area contributed by atoms with Crippen LogP contribution in [0.4, 0.5) is 0 Å². The number of nitrogens with zero attached hydrogens (tertiary/aromatic N) is 1. The van der Waals surface area contributed by atoms with Crippen LogP contribution in [0.1, 0.15) is 50.5 Å². The summed E-state index contributed by atoms with van der Waals surface area (Å²) in [5, 5.41) is 10.5. The van der Waals surface area contributed by atoms with E-state index in [0.29, 0.717) is 25.4 Å². The van der Waals surface area contributed by atoms with Crippen LogP contribution in [-0.4, -0.2) is 79.9 Å². The van der Waals surface area contributed by atoms with Crippen LogP contribution in [0.5, 0.6) is 17.2 Å². The number of aliphatic hydroxyl groups excluding tert-OH is 1. The maximum Gasteiger partial charge on any atom is 0.329 e. The monoisotopic (exact) mass is 562 g/mol. The molecule has 0 bridgehead atoms. The maximum absolute atomic E-state index is 13.0. The average molecular weight is 563 g/mol. The van der Waals surface area contributed by atoms with Gasteiger partial charge < -0.3 is 38.8 Å². The zero-order chi connectivity index (χ0) is 29.3. The van der Waals surface area contributed by atoms with E-state index in [1.54, 1.807) is 6.92 Å². The number of nitrogens with one attached hydrogen (secondary N) is 1. The summed E-state index contributed by atoms with van der Waals surface area (Å²) in [5.41, 5.74) is -0.142. The second kappa shape index (κ2) is 17.6. The van der Waals surface area contributed by atoms with Gasteiger partial charge in [0.15, 0.2) is 17.2 Å². The average Bonchev–Trinajstić information content (AvgIpc) is 2.94. The quantitative estimate of drug-likeness (QED) is 0.343. The second-order valence-corrected chi connectivity index (χ2v) is 8.74. The molecule has 2 aromatic rings.